The van der Waals surface area contributed by atoms with E-state index in [1.54, 1.807) is 0 Å². The average molecular weight is 241 g/mol. The van der Waals surface area contributed by atoms with E-state index < -0.39 is 0 Å². The Hall–Kier alpha value is -1.61. The molecular formula is C15H19N3. The molecule has 3 nitrogen and oxygen atoms in total. The summed E-state index contributed by atoms with van der Waals surface area (Å²) in [5, 5.41) is 1.17. The number of para-hydroxylation sites is 1. The average Bonchev–Trinajstić information content (AvgIpc) is 2.83. The van der Waals surface area contributed by atoms with Crippen LogP contribution in [0.2, 0.25) is 0 Å². The lowest BCUT2D eigenvalue weighted by atomic mass is 10.1. The van der Waals surface area contributed by atoms with E-state index in [2.05, 4.69) is 30.0 Å². The van der Waals surface area contributed by atoms with E-state index in [1.165, 1.54) is 18.2 Å². The summed E-state index contributed by atoms with van der Waals surface area (Å²) in [6.07, 6.45) is 2.50. The van der Waals surface area contributed by atoms with Crippen molar-refractivity contribution in [3.05, 3.63) is 35.9 Å². The van der Waals surface area contributed by atoms with E-state index in [9.17, 15) is 0 Å². The lowest BCUT2D eigenvalue weighted by molar-refractivity contribution is 0.724. The highest BCUT2D eigenvalue weighted by Crippen LogP contribution is 2.29. The minimum Gasteiger partial charge on any atom is -0.354 e. The predicted octanol–water partition coefficient (Wildman–Crippen LogP) is 2.68. The predicted molar refractivity (Wildman–Crippen MR) is 75.7 cm³/mol. The van der Waals surface area contributed by atoms with Gasteiger partial charge >= 0.3 is 0 Å². The molecule has 0 radical (unpaired) electrons. The van der Waals surface area contributed by atoms with Crippen LogP contribution in [0.3, 0.4) is 0 Å². The van der Waals surface area contributed by atoms with Gasteiger partial charge in [-0.15, -0.1) is 0 Å². The second-order valence-corrected chi connectivity index (χ2v) is 5.05. The SMILES string of the molecule is CC1CCCN1c1nc2ccccc2cc1CN. The fourth-order valence-electron chi connectivity index (χ4n) is 2.80. The van der Waals surface area contributed by atoms with Crippen molar-refractivity contribution in [1.82, 2.24) is 4.98 Å². The summed E-state index contributed by atoms with van der Waals surface area (Å²) in [5.41, 5.74) is 8.10. The number of fused-ring (bicyclic) bond motifs is 1. The number of hydrogen-bond acceptors (Lipinski definition) is 3. The molecule has 1 aromatic heterocycles. The normalized spacial score (nSPS) is 19.7. The van der Waals surface area contributed by atoms with Crippen molar-refractivity contribution in [2.24, 2.45) is 5.73 Å². The highest BCUT2D eigenvalue weighted by Gasteiger charge is 2.23. The minimum atomic E-state index is 0.552. The Labute approximate surface area is 108 Å². The summed E-state index contributed by atoms with van der Waals surface area (Å²) in [6.45, 7) is 3.92. The van der Waals surface area contributed by atoms with Crippen molar-refractivity contribution >= 4 is 16.7 Å². The van der Waals surface area contributed by atoms with Crippen LogP contribution in [0.5, 0.6) is 0 Å². The molecule has 0 bridgehead atoms. The lowest BCUT2D eigenvalue weighted by Crippen LogP contribution is -2.28. The van der Waals surface area contributed by atoms with Gasteiger partial charge in [-0.2, -0.15) is 0 Å². The van der Waals surface area contributed by atoms with Crippen LogP contribution >= 0.6 is 0 Å². The van der Waals surface area contributed by atoms with Gasteiger partial charge in [0.15, 0.2) is 0 Å². The molecule has 2 N–H and O–H groups in total. The molecule has 3 heteroatoms. The van der Waals surface area contributed by atoms with Gasteiger partial charge in [0.2, 0.25) is 0 Å². The van der Waals surface area contributed by atoms with Crippen molar-refractivity contribution in [1.29, 1.82) is 0 Å². The maximum Gasteiger partial charge on any atom is 0.134 e. The van der Waals surface area contributed by atoms with Crippen LogP contribution in [0.15, 0.2) is 30.3 Å². The third-order valence-electron chi connectivity index (χ3n) is 3.82. The summed E-state index contributed by atoms with van der Waals surface area (Å²) < 4.78 is 0. The molecule has 1 aliphatic rings. The summed E-state index contributed by atoms with van der Waals surface area (Å²) in [6, 6.07) is 11.0. The highest BCUT2D eigenvalue weighted by molar-refractivity contribution is 5.82. The second kappa shape index (κ2) is 4.58. The maximum atomic E-state index is 5.89. The van der Waals surface area contributed by atoms with E-state index in [4.69, 9.17) is 10.7 Å². The first-order chi connectivity index (χ1) is 8.79. The van der Waals surface area contributed by atoms with Gasteiger partial charge in [0.25, 0.3) is 0 Å². The van der Waals surface area contributed by atoms with Gasteiger partial charge in [-0.1, -0.05) is 18.2 Å². The Kier molecular flexibility index (Phi) is 2.92. The molecule has 0 amide bonds. The van der Waals surface area contributed by atoms with Crippen molar-refractivity contribution in [3.8, 4) is 0 Å². The zero-order valence-electron chi connectivity index (χ0n) is 10.8. The third kappa shape index (κ3) is 1.85. The summed E-state index contributed by atoms with van der Waals surface area (Å²) in [4.78, 5) is 7.22. The first-order valence-electron chi connectivity index (χ1n) is 6.65. The van der Waals surface area contributed by atoms with Gasteiger partial charge in [-0.25, -0.2) is 4.98 Å². The fraction of sp³-hybridized carbons (Fsp3) is 0.400. The molecule has 94 valence electrons. The Morgan fingerprint density at radius 2 is 2.22 bits per heavy atom. The minimum absolute atomic E-state index is 0.552. The second-order valence-electron chi connectivity index (χ2n) is 5.05. The first-order valence-corrected chi connectivity index (χ1v) is 6.65. The summed E-state index contributed by atoms with van der Waals surface area (Å²) >= 11 is 0. The molecule has 1 fully saturated rings. The Morgan fingerprint density at radius 3 is 2.94 bits per heavy atom. The van der Waals surface area contributed by atoms with Crippen LogP contribution in [-0.4, -0.2) is 17.6 Å². The van der Waals surface area contributed by atoms with E-state index in [-0.39, 0.29) is 0 Å². The molecule has 1 saturated heterocycles. The van der Waals surface area contributed by atoms with Crippen molar-refractivity contribution in [2.45, 2.75) is 32.4 Å². The molecule has 2 heterocycles. The number of benzene rings is 1. The number of hydrogen-bond donors (Lipinski definition) is 1. The van der Waals surface area contributed by atoms with Gasteiger partial charge in [0, 0.05) is 30.1 Å². The zero-order chi connectivity index (χ0) is 12.5. The lowest BCUT2D eigenvalue weighted by Gasteiger charge is -2.25. The van der Waals surface area contributed by atoms with Crippen LogP contribution < -0.4 is 10.6 Å². The van der Waals surface area contributed by atoms with Crippen molar-refractivity contribution in [3.63, 3.8) is 0 Å². The number of aromatic nitrogens is 1. The van der Waals surface area contributed by atoms with Crippen LogP contribution in [0.25, 0.3) is 10.9 Å². The number of nitrogens with two attached hydrogens (primary N) is 1. The Balaban J connectivity index is 2.14. The summed E-state index contributed by atoms with van der Waals surface area (Å²) in [7, 11) is 0. The number of rotatable bonds is 2. The van der Waals surface area contributed by atoms with Gasteiger partial charge in [0.05, 0.1) is 5.52 Å². The van der Waals surface area contributed by atoms with Crippen molar-refractivity contribution < 1.29 is 0 Å². The number of pyridine rings is 1. The number of nitrogens with zero attached hydrogens (tertiary/aromatic N) is 2. The molecule has 0 saturated carbocycles. The molecule has 0 spiro atoms. The first kappa shape index (κ1) is 11.5. The molecule has 1 aliphatic heterocycles. The smallest absolute Gasteiger partial charge is 0.134 e. The fourth-order valence-corrected chi connectivity index (χ4v) is 2.80. The van der Waals surface area contributed by atoms with Gasteiger partial charge < -0.3 is 10.6 Å². The summed E-state index contributed by atoms with van der Waals surface area (Å²) in [5.74, 6) is 1.08. The molecule has 18 heavy (non-hydrogen) atoms. The van der Waals surface area contributed by atoms with Crippen molar-refractivity contribution in [2.75, 3.05) is 11.4 Å². The van der Waals surface area contributed by atoms with Crippen LogP contribution in [0, 0.1) is 0 Å². The number of anilines is 1. The van der Waals surface area contributed by atoms with Crippen LogP contribution in [0.1, 0.15) is 25.3 Å². The largest absolute Gasteiger partial charge is 0.354 e. The topological polar surface area (TPSA) is 42.2 Å². The molecule has 1 aromatic carbocycles. The quantitative estimate of drug-likeness (QED) is 0.879. The van der Waals surface area contributed by atoms with E-state index in [1.807, 2.05) is 12.1 Å². The molecule has 0 aliphatic carbocycles. The standard InChI is InChI=1S/C15H19N3/c1-11-5-4-8-18(11)15-13(10-16)9-12-6-2-3-7-14(12)17-15/h2-3,6-7,9,11H,4-5,8,10,16H2,1H3. The molecule has 3 rings (SSSR count). The zero-order valence-corrected chi connectivity index (χ0v) is 10.8. The Bertz CT molecular complexity index is 565. The van der Waals surface area contributed by atoms with Gasteiger partial charge in [0.1, 0.15) is 5.82 Å². The molecule has 1 atom stereocenters. The molecule has 1 unspecified atom stereocenters. The van der Waals surface area contributed by atoms with Crippen LogP contribution in [-0.2, 0) is 6.54 Å². The van der Waals surface area contributed by atoms with E-state index in [0.29, 0.717) is 12.6 Å². The maximum absolute atomic E-state index is 5.89. The van der Waals surface area contributed by atoms with E-state index in [0.717, 1.165) is 23.4 Å². The Morgan fingerprint density at radius 1 is 1.39 bits per heavy atom. The molecular weight excluding hydrogens is 222 g/mol. The monoisotopic (exact) mass is 241 g/mol. The molecule has 2 aromatic rings. The highest BCUT2D eigenvalue weighted by atomic mass is 15.2. The van der Waals surface area contributed by atoms with Crippen LogP contribution in [0.4, 0.5) is 5.82 Å². The third-order valence-corrected chi connectivity index (χ3v) is 3.82. The van der Waals surface area contributed by atoms with Gasteiger partial charge in [-0.3, -0.25) is 0 Å². The van der Waals surface area contributed by atoms with Gasteiger partial charge in [-0.05, 0) is 31.9 Å². The van der Waals surface area contributed by atoms with E-state index >= 15 is 0 Å².